The van der Waals surface area contributed by atoms with Crippen molar-refractivity contribution in [2.45, 2.75) is 19.1 Å². The Morgan fingerprint density at radius 3 is 2.32 bits per heavy atom. The van der Waals surface area contributed by atoms with Crippen molar-refractivity contribution in [3.63, 3.8) is 0 Å². The lowest BCUT2D eigenvalue weighted by Crippen LogP contribution is -2.27. The Balaban J connectivity index is 2.13. The molecule has 1 atom stereocenters. The molecule has 0 aliphatic carbocycles. The average molecular weight is 311 g/mol. The summed E-state index contributed by atoms with van der Waals surface area (Å²) in [6.45, 7) is 1.67. The van der Waals surface area contributed by atoms with Gasteiger partial charge in [-0.3, -0.25) is 4.79 Å². The number of alkyl halides is 3. The highest BCUT2D eigenvalue weighted by atomic mass is 19.4. The van der Waals surface area contributed by atoms with Crippen molar-refractivity contribution in [3.05, 3.63) is 71.0 Å². The van der Waals surface area contributed by atoms with E-state index in [2.05, 4.69) is 5.32 Å². The van der Waals surface area contributed by atoms with Crippen LogP contribution in [0, 0.1) is 5.82 Å². The molecule has 0 fully saturated rings. The number of carbonyl (C=O) groups excluding carboxylic acids is 1. The maximum atomic E-state index is 12.8. The molecule has 22 heavy (non-hydrogen) atoms. The fourth-order valence-corrected chi connectivity index (χ4v) is 1.95. The second-order valence-corrected chi connectivity index (χ2v) is 4.83. The zero-order chi connectivity index (χ0) is 16.3. The van der Waals surface area contributed by atoms with Crippen LogP contribution in [-0.2, 0) is 6.18 Å². The quantitative estimate of drug-likeness (QED) is 0.840. The summed E-state index contributed by atoms with van der Waals surface area (Å²) in [6, 6.07) is 9.25. The lowest BCUT2D eigenvalue weighted by Gasteiger charge is -2.15. The van der Waals surface area contributed by atoms with Crippen LogP contribution in [0.2, 0.25) is 0 Å². The summed E-state index contributed by atoms with van der Waals surface area (Å²) in [5.74, 6) is -1.02. The van der Waals surface area contributed by atoms with E-state index in [0.717, 1.165) is 12.1 Å². The SMILES string of the molecule is CC(NC(=O)c1cccc(C(F)(F)F)c1)c1ccc(F)cc1. The van der Waals surface area contributed by atoms with E-state index in [9.17, 15) is 22.4 Å². The smallest absolute Gasteiger partial charge is 0.346 e. The maximum absolute atomic E-state index is 12.8. The molecule has 6 heteroatoms. The summed E-state index contributed by atoms with van der Waals surface area (Å²) in [5, 5.41) is 2.58. The van der Waals surface area contributed by atoms with Gasteiger partial charge in [0.05, 0.1) is 11.6 Å². The Bertz CT molecular complexity index is 665. The first-order chi connectivity index (χ1) is 10.3. The van der Waals surface area contributed by atoms with Gasteiger partial charge in [0.15, 0.2) is 0 Å². The molecule has 0 radical (unpaired) electrons. The molecule has 1 amide bonds. The van der Waals surface area contributed by atoms with Crippen molar-refractivity contribution < 1.29 is 22.4 Å². The van der Waals surface area contributed by atoms with Crippen LogP contribution >= 0.6 is 0 Å². The molecule has 0 aliphatic heterocycles. The Morgan fingerprint density at radius 1 is 1.09 bits per heavy atom. The molecule has 0 spiro atoms. The van der Waals surface area contributed by atoms with E-state index in [1.165, 1.54) is 36.4 Å². The van der Waals surface area contributed by atoms with Crippen molar-refractivity contribution in [2.24, 2.45) is 0 Å². The van der Waals surface area contributed by atoms with Crippen molar-refractivity contribution in [3.8, 4) is 0 Å². The second kappa shape index (κ2) is 6.17. The number of rotatable bonds is 3. The molecule has 0 heterocycles. The van der Waals surface area contributed by atoms with Crippen molar-refractivity contribution in [1.82, 2.24) is 5.32 Å². The molecule has 116 valence electrons. The molecule has 0 bridgehead atoms. The van der Waals surface area contributed by atoms with Gasteiger partial charge in [0, 0.05) is 5.56 Å². The standard InChI is InChI=1S/C16H13F4NO/c1-10(11-5-7-14(17)8-6-11)21-15(22)12-3-2-4-13(9-12)16(18,19)20/h2-10H,1H3,(H,21,22). The van der Waals surface area contributed by atoms with Gasteiger partial charge in [-0.15, -0.1) is 0 Å². The molecule has 1 N–H and O–H groups in total. The molecule has 2 nitrogen and oxygen atoms in total. The Morgan fingerprint density at radius 2 is 1.73 bits per heavy atom. The first-order valence-electron chi connectivity index (χ1n) is 6.51. The van der Waals surface area contributed by atoms with Gasteiger partial charge < -0.3 is 5.32 Å². The van der Waals surface area contributed by atoms with Crippen molar-refractivity contribution in [2.75, 3.05) is 0 Å². The first-order valence-corrected chi connectivity index (χ1v) is 6.51. The van der Waals surface area contributed by atoms with E-state index in [1.807, 2.05) is 0 Å². The minimum absolute atomic E-state index is 0.0798. The molecule has 2 aromatic carbocycles. The summed E-state index contributed by atoms with van der Waals surface area (Å²) in [5.41, 5.74) is -0.305. The van der Waals surface area contributed by atoms with E-state index in [0.29, 0.717) is 5.56 Å². The Labute approximate surface area is 124 Å². The van der Waals surface area contributed by atoms with Gasteiger partial charge in [-0.05, 0) is 42.8 Å². The van der Waals surface area contributed by atoms with E-state index >= 15 is 0 Å². The lowest BCUT2D eigenvalue weighted by molar-refractivity contribution is -0.137. The minimum Gasteiger partial charge on any atom is -0.346 e. The molecule has 0 aliphatic rings. The average Bonchev–Trinajstić information content (AvgIpc) is 2.47. The van der Waals surface area contributed by atoms with Gasteiger partial charge in [-0.25, -0.2) is 4.39 Å². The van der Waals surface area contributed by atoms with Gasteiger partial charge in [-0.2, -0.15) is 13.2 Å². The highest BCUT2D eigenvalue weighted by molar-refractivity contribution is 5.94. The van der Waals surface area contributed by atoms with Crippen LogP contribution in [0.15, 0.2) is 48.5 Å². The molecule has 0 aromatic heterocycles. The van der Waals surface area contributed by atoms with Gasteiger partial charge in [0.25, 0.3) is 5.91 Å². The van der Waals surface area contributed by atoms with E-state index < -0.39 is 29.5 Å². The maximum Gasteiger partial charge on any atom is 0.416 e. The summed E-state index contributed by atoms with van der Waals surface area (Å²) in [7, 11) is 0. The van der Waals surface area contributed by atoms with Crippen LogP contribution in [0.25, 0.3) is 0 Å². The van der Waals surface area contributed by atoms with E-state index in [-0.39, 0.29) is 5.56 Å². The van der Waals surface area contributed by atoms with Crippen LogP contribution in [-0.4, -0.2) is 5.91 Å². The summed E-state index contributed by atoms with van der Waals surface area (Å²) >= 11 is 0. The summed E-state index contributed by atoms with van der Waals surface area (Å²) in [6.07, 6.45) is -4.50. The van der Waals surface area contributed by atoms with Crippen molar-refractivity contribution >= 4 is 5.91 Å². The fraction of sp³-hybridized carbons (Fsp3) is 0.188. The van der Waals surface area contributed by atoms with Crippen LogP contribution in [0.3, 0.4) is 0 Å². The number of amides is 1. The number of carbonyl (C=O) groups is 1. The highest BCUT2D eigenvalue weighted by Crippen LogP contribution is 2.29. The largest absolute Gasteiger partial charge is 0.416 e. The molecule has 2 rings (SSSR count). The molecule has 0 saturated heterocycles. The topological polar surface area (TPSA) is 29.1 Å². The molecular formula is C16H13F4NO. The fourth-order valence-electron chi connectivity index (χ4n) is 1.95. The Kier molecular flexibility index (Phi) is 4.49. The third-order valence-corrected chi connectivity index (χ3v) is 3.17. The number of hydrogen-bond acceptors (Lipinski definition) is 1. The van der Waals surface area contributed by atoms with Gasteiger partial charge in [0.2, 0.25) is 0 Å². The van der Waals surface area contributed by atoms with Crippen LogP contribution in [0.5, 0.6) is 0 Å². The minimum atomic E-state index is -4.50. The first kappa shape index (κ1) is 16.0. The lowest BCUT2D eigenvalue weighted by atomic mass is 10.1. The number of halogens is 4. The number of nitrogens with one attached hydrogen (secondary N) is 1. The number of benzene rings is 2. The third kappa shape index (κ3) is 3.84. The molecular weight excluding hydrogens is 298 g/mol. The zero-order valence-electron chi connectivity index (χ0n) is 11.6. The van der Waals surface area contributed by atoms with E-state index in [4.69, 9.17) is 0 Å². The summed E-state index contributed by atoms with van der Waals surface area (Å²) < 4.78 is 50.7. The predicted molar refractivity (Wildman–Crippen MR) is 73.7 cm³/mol. The zero-order valence-corrected chi connectivity index (χ0v) is 11.6. The van der Waals surface area contributed by atoms with Gasteiger partial charge in [0.1, 0.15) is 5.82 Å². The van der Waals surface area contributed by atoms with Gasteiger partial charge in [-0.1, -0.05) is 18.2 Å². The molecule has 0 saturated carbocycles. The molecule has 1 unspecified atom stereocenters. The summed E-state index contributed by atoms with van der Waals surface area (Å²) in [4.78, 5) is 12.0. The van der Waals surface area contributed by atoms with E-state index in [1.54, 1.807) is 6.92 Å². The van der Waals surface area contributed by atoms with Crippen LogP contribution in [0.4, 0.5) is 17.6 Å². The Hall–Kier alpha value is -2.37. The van der Waals surface area contributed by atoms with Crippen LogP contribution < -0.4 is 5.32 Å². The highest BCUT2D eigenvalue weighted by Gasteiger charge is 2.30. The molecule has 2 aromatic rings. The predicted octanol–water partition coefficient (Wildman–Crippen LogP) is 4.34. The van der Waals surface area contributed by atoms with Gasteiger partial charge >= 0.3 is 6.18 Å². The number of hydrogen-bond donors (Lipinski definition) is 1. The van der Waals surface area contributed by atoms with Crippen LogP contribution in [0.1, 0.15) is 34.5 Å². The normalized spacial score (nSPS) is 12.8. The monoisotopic (exact) mass is 311 g/mol. The second-order valence-electron chi connectivity index (χ2n) is 4.83. The van der Waals surface area contributed by atoms with Crippen molar-refractivity contribution in [1.29, 1.82) is 0 Å². The third-order valence-electron chi connectivity index (χ3n) is 3.17.